The molecule has 1 unspecified atom stereocenters. The summed E-state index contributed by atoms with van der Waals surface area (Å²) in [5.74, 6) is -0.368. The summed E-state index contributed by atoms with van der Waals surface area (Å²) in [5.41, 5.74) is 6.95. The lowest BCUT2D eigenvalue weighted by Gasteiger charge is -2.14. The van der Waals surface area contributed by atoms with E-state index in [-0.39, 0.29) is 49.1 Å². The molecule has 1 rings (SSSR count). The number of benzene rings is 1. The molecule has 0 spiro atoms. The first-order chi connectivity index (χ1) is 9.96. The number of ether oxygens (including phenoxy) is 1. The SMILES string of the molecule is COC(CN)CC(=O)NCc1ccc(F)c(CN(C)C)c1.Cl.Cl. The third-order valence-electron chi connectivity index (χ3n) is 3.10. The van der Waals surface area contributed by atoms with Crippen LogP contribution in [0.2, 0.25) is 0 Å². The van der Waals surface area contributed by atoms with Gasteiger partial charge in [0.05, 0.1) is 12.5 Å². The normalized spacial score (nSPS) is 11.4. The van der Waals surface area contributed by atoms with E-state index in [1.165, 1.54) is 13.2 Å². The second-order valence-corrected chi connectivity index (χ2v) is 5.24. The number of methoxy groups -OCH3 is 1. The fraction of sp³-hybridized carbons (Fsp3) is 0.533. The van der Waals surface area contributed by atoms with E-state index in [1.807, 2.05) is 19.0 Å². The monoisotopic (exact) mass is 369 g/mol. The van der Waals surface area contributed by atoms with Crippen molar-refractivity contribution in [2.75, 3.05) is 27.7 Å². The van der Waals surface area contributed by atoms with Crippen LogP contribution in [0.25, 0.3) is 0 Å². The Kier molecular flexibility index (Phi) is 13.2. The van der Waals surface area contributed by atoms with E-state index in [2.05, 4.69) is 5.32 Å². The van der Waals surface area contributed by atoms with Crippen LogP contribution in [0.3, 0.4) is 0 Å². The van der Waals surface area contributed by atoms with Crippen LogP contribution in [0.5, 0.6) is 0 Å². The summed E-state index contributed by atoms with van der Waals surface area (Å²) in [5, 5.41) is 2.79. The number of carbonyl (C=O) groups excluding carboxylic acids is 1. The minimum absolute atomic E-state index is 0. The van der Waals surface area contributed by atoms with Gasteiger partial charge in [0, 0.05) is 32.3 Å². The molecular formula is C15H26Cl2FN3O2. The lowest BCUT2D eigenvalue weighted by molar-refractivity contribution is -0.123. The van der Waals surface area contributed by atoms with Crippen molar-refractivity contribution in [2.45, 2.75) is 25.6 Å². The Balaban J connectivity index is 0. The molecule has 5 nitrogen and oxygen atoms in total. The zero-order chi connectivity index (χ0) is 15.8. The number of rotatable bonds is 8. The van der Waals surface area contributed by atoms with Gasteiger partial charge in [0.25, 0.3) is 0 Å². The number of nitrogens with zero attached hydrogens (tertiary/aromatic N) is 1. The molecule has 134 valence electrons. The molecule has 1 aromatic carbocycles. The van der Waals surface area contributed by atoms with Gasteiger partial charge in [-0.05, 0) is 31.8 Å². The summed E-state index contributed by atoms with van der Waals surface area (Å²) >= 11 is 0. The number of hydrogen-bond acceptors (Lipinski definition) is 4. The largest absolute Gasteiger partial charge is 0.380 e. The standard InChI is InChI=1S/C15H24FN3O2.2ClH/c1-19(2)10-12-6-11(4-5-14(12)16)9-18-15(20)7-13(8-17)21-3;;/h4-6,13H,7-10,17H2,1-3H3,(H,18,20);2*1H. The number of nitrogens with two attached hydrogens (primary N) is 1. The molecule has 0 radical (unpaired) electrons. The first-order valence-electron chi connectivity index (χ1n) is 6.87. The highest BCUT2D eigenvalue weighted by Gasteiger charge is 2.11. The van der Waals surface area contributed by atoms with E-state index < -0.39 is 0 Å². The quantitative estimate of drug-likeness (QED) is 0.731. The van der Waals surface area contributed by atoms with E-state index in [0.717, 1.165) is 5.56 Å². The third kappa shape index (κ3) is 9.07. The van der Waals surface area contributed by atoms with Gasteiger partial charge in [0.15, 0.2) is 0 Å². The Hall–Kier alpha value is -0.920. The van der Waals surface area contributed by atoms with Gasteiger partial charge in [0.2, 0.25) is 5.91 Å². The topological polar surface area (TPSA) is 67.6 Å². The highest BCUT2D eigenvalue weighted by molar-refractivity contribution is 5.85. The molecule has 0 saturated heterocycles. The molecular weight excluding hydrogens is 344 g/mol. The van der Waals surface area contributed by atoms with Crippen molar-refractivity contribution in [3.63, 3.8) is 0 Å². The van der Waals surface area contributed by atoms with Gasteiger partial charge in [-0.25, -0.2) is 4.39 Å². The smallest absolute Gasteiger partial charge is 0.222 e. The van der Waals surface area contributed by atoms with E-state index in [0.29, 0.717) is 25.2 Å². The van der Waals surface area contributed by atoms with E-state index in [1.54, 1.807) is 12.1 Å². The number of halogens is 3. The summed E-state index contributed by atoms with van der Waals surface area (Å²) in [4.78, 5) is 13.6. The molecule has 0 aliphatic heterocycles. The van der Waals surface area contributed by atoms with Crippen molar-refractivity contribution in [3.8, 4) is 0 Å². The maximum absolute atomic E-state index is 13.6. The Morgan fingerprint density at radius 3 is 2.57 bits per heavy atom. The van der Waals surface area contributed by atoms with Crippen LogP contribution in [-0.4, -0.2) is 44.7 Å². The number of nitrogens with one attached hydrogen (secondary N) is 1. The van der Waals surface area contributed by atoms with Crippen molar-refractivity contribution in [1.82, 2.24) is 10.2 Å². The summed E-state index contributed by atoms with van der Waals surface area (Å²) in [6.45, 7) is 1.18. The molecule has 0 aliphatic rings. The van der Waals surface area contributed by atoms with Crippen molar-refractivity contribution in [1.29, 1.82) is 0 Å². The number of hydrogen-bond donors (Lipinski definition) is 2. The minimum atomic E-state index is -0.275. The second-order valence-electron chi connectivity index (χ2n) is 5.24. The average molecular weight is 370 g/mol. The van der Waals surface area contributed by atoms with Gasteiger partial charge in [-0.15, -0.1) is 24.8 Å². The van der Waals surface area contributed by atoms with E-state index in [9.17, 15) is 9.18 Å². The predicted octanol–water partition coefficient (Wildman–Crippen LogP) is 1.71. The van der Waals surface area contributed by atoms with Crippen LogP contribution in [-0.2, 0) is 22.6 Å². The summed E-state index contributed by atoms with van der Waals surface area (Å²) in [6, 6.07) is 4.87. The Morgan fingerprint density at radius 2 is 2.04 bits per heavy atom. The van der Waals surface area contributed by atoms with Crippen LogP contribution < -0.4 is 11.1 Å². The maximum Gasteiger partial charge on any atom is 0.222 e. The second kappa shape index (κ2) is 12.5. The molecule has 23 heavy (non-hydrogen) atoms. The van der Waals surface area contributed by atoms with Crippen LogP contribution in [0.15, 0.2) is 18.2 Å². The minimum Gasteiger partial charge on any atom is -0.380 e. The van der Waals surface area contributed by atoms with Crippen LogP contribution in [0.4, 0.5) is 4.39 Å². The number of amides is 1. The highest BCUT2D eigenvalue weighted by atomic mass is 35.5. The summed E-state index contributed by atoms with van der Waals surface area (Å²) in [7, 11) is 5.29. The molecule has 0 bridgehead atoms. The zero-order valence-electron chi connectivity index (χ0n) is 13.7. The Bertz CT molecular complexity index is 472. The van der Waals surface area contributed by atoms with E-state index in [4.69, 9.17) is 10.5 Å². The Morgan fingerprint density at radius 1 is 1.39 bits per heavy atom. The molecule has 0 aliphatic carbocycles. The molecule has 1 aromatic rings. The Labute approximate surface area is 149 Å². The molecule has 8 heteroatoms. The molecule has 0 heterocycles. The molecule has 1 amide bonds. The maximum atomic E-state index is 13.6. The zero-order valence-corrected chi connectivity index (χ0v) is 15.3. The van der Waals surface area contributed by atoms with Gasteiger partial charge in [-0.2, -0.15) is 0 Å². The molecule has 0 fully saturated rings. The van der Waals surface area contributed by atoms with Gasteiger partial charge >= 0.3 is 0 Å². The average Bonchev–Trinajstić information content (AvgIpc) is 2.45. The third-order valence-corrected chi connectivity index (χ3v) is 3.10. The van der Waals surface area contributed by atoms with Crippen molar-refractivity contribution >= 4 is 30.7 Å². The molecule has 1 atom stereocenters. The fourth-order valence-electron chi connectivity index (χ4n) is 1.94. The summed E-state index contributed by atoms with van der Waals surface area (Å²) < 4.78 is 18.7. The van der Waals surface area contributed by atoms with E-state index >= 15 is 0 Å². The fourth-order valence-corrected chi connectivity index (χ4v) is 1.94. The molecule has 0 aromatic heterocycles. The summed E-state index contributed by atoms with van der Waals surface area (Å²) in [6.07, 6.45) is -0.0545. The van der Waals surface area contributed by atoms with Gasteiger partial charge < -0.3 is 20.7 Å². The predicted molar refractivity (Wildman–Crippen MR) is 94.6 cm³/mol. The van der Waals surface area contributed by atoms with Gasteiger partial charge in [-0.1, -0.05) is 6.07 Å². The van der Waals surface area contributed by atoms with Crippen LogP contribution >= 0.6 is 24.8 Å². The first-order valence-corrected chi connectivity index (χ1v) is 6.87. The van der Waals surface area contributed by atoms with Crippen molar-refractivity contribution in [3.05, 3.63) is 35.1 Å². The van der Waals surface area contributed by atoms with Crippen LogP contribution in [0.1, 0.15) is 17.5 Å². The van der Waals surface area contributed by atoms with Crippen LogP contribution in [0, 0.1) is 5.82 Å². The highest BCUT2D eigenvalue weighted by Crippen LogP contribution is 2.12. The van der Waals surface area contributed by atoms with Crippen molar-refractivity contribution in [2.24, 2.45) is 5.73 Å². The van der Waals surface area contributed by atoms with Crippen molar-refractivity contribution < 1.29 is 13.9 Å². The first kappa shape index (κ1) is 24.3. The lowest BCUT2D eigenvalue weighted by atomic mass is 10.1. The lowest BCUT2D eigenvalue weighted by Crippen LogP contribution is -2.31. The molecule has 0 saturated carbocycles. The van der Waals surface area contributed by atoms with Gasteiger partial charge in [-0.3, -0.25) is 4.79 Å². The number of carbonyl (C=O) groups is 1. The molecule has 3 N–H and O–H groups in total. The van der Waals surface area contributed by atoms with Gasteiger partial charge in [0.1, 0.15) is 5.82 Å².